The minimum atomic E-state index is -0.537. The third-order valence-corrected chi connectivity index (χ3v) is 13.7. The van der Waals surface area contributed by atoms with E-state index < -0.39 is 5.41 Å². The summed E-state index contributed by atoms with van der Waals surface area (Å²) in [6.45, 7) is 0. The van der Waals surface area contributed by atoms with Gasteiger partial charge in [0.05, 0.1) is 11.1 Å². The van der Waals surface area contributed by atoms with Gasteiger partial charge in [-0.15, -0.1) is 0 Å². The smallest absolute Gasteiger partial charge is 0.143 e. The van der Waals surface area contributed by atoms with Gasteiger partial charge in [-0.1, -0.05) is 206 Å². The molecule has 0 saturated heterocycles. The molecule has 1 heterocycles. The zero-order chi connectivity index (χ0) is 42.9. The van der Waals surface area contributed by atoms with Crippen molar-refractivity contribution in [2.45, 2.75) is 5.41 Å². The van der Waals surface area contributed by atoms with Crippen molar-refractivity contribution >= 4 is 60.5 Å². The van der Waals surface area contributed by atoms with Gasteiger partial charge < -0.3 is 9.32 Å². The molecule has 0 N–H and O–H groups in total. The number of rotatable bonds is 7. The molecule has 0 amide bonds. The Morgan fingerprint density at radius 1 is 0.354 bits per heavy atom. The van der Waals surface area contributed by atoms with Crippen molar-refractivity contribution in [2.24, 2.45) is 0 Å². The molecule has 0 atom stereocenters. The molecule has 11 aromatic carbocycles. The maximum atomic E-state index is 6.70. The van der Waals surface area contributed by atoms with Crippen LogP contribution in [0, 0.1) is 0 Å². The van der Waals surface area contributed by atoms with E-state index in [-0.39, 0.29) is 0 Å². The summed E-state index contributed by atoms with van der Waals surface area (Å²) < 4.78 is 6.70. The van der Waals surface area contributed by atoms with Crippen molar-refractivity contribution in [3.63, 3.8) is 0 Å². The van der Waals surface area contributed by atoms with Gasteiger partial charge in [-0.25, -0.2) is 0 Å². The Bertz CT molecular complexity index is 3740. The largest absolute Gasteiger partial charge is 0.455 e. The molecule has 65 heavy (non-hydrogen) atoms. The molecule has 304 valence electrons. The van der Waals surface area contributed by atoms with Crippen LogP contribution in [0.25, 0.3) is 76.9 Å². The molecular weight excluding hydrogens is 787 g/mol. The van der Waals surface area contributed by atoms with E-state index in [0.717, 1.165) is 55.5 Å². The fourth-order valence-corrected chi connectivity index (χ4v) is 11.0. The lowest BCUT2D eigenvalue weighted by Crippen LogP contribution is -2.28. The Balaban J connectivity index is 1.08. The Kier molecular flexibility index (Phi) is 8.47. The molecule has 0 aliphatic heterocycles. The fourth-order valence-electron chi connectivity index (χ4n) is 11.0. The molecule has 0 saturated carbocycles. The second-order valence-electron chi connectivity index (χ2n) is 17.1. The van der Waals surface area contributed by atoms with Gasteiger partial charge in [0.15, 0.2) is 0 Å². The van der Waals surface area contributed by atoms with Crippen LogP contribution < -0.4 is 4.90 Å². The lowest BCUT2D eigenvalue weighted by molar-refractivity contribution is 0.673. The number of hydrogen-bond acceptors (Lipinski definition) is 2. The van der Waals surface area contributed by atoms with Crippen molar-refractivity contribution in [1.82, 2.24) is 0 Å². The van der Waals surface area contributed by atoms with Gasteiger partial charge in [0.2, 0.25) is 0 Å². The summed E-state index contributed by atoms with van der Waals surface area (Å²) in [6, 6.07) is 90.9. The van der Waals surface area contributed by atoms with E-state index in [0.29, 0.717) is 0 Å². The Labute approximate surface area is 377 Å². The van der Waals surface area contributed by atoms with Crippen molar-refractivity contribution in [3.8, 4) is 33.4 Å². The van der Waals surface area contributed by atoms with Gasteiger partial charge in [-0.05, 0) is 109 Å². The summed E-state index contributed by atoms with van der Waals surface area (Å²) in [7, 11) is 0. The minimum absolute atomic E-state index is 0.537. The van der Waals surface area contributed by atoms with Crippen LogP contribution in [0.1, 0.15) is 22.3 Å². The molecule has 0 radical (unpaired) electrons. The molecule has 0 spiro atoms. The number of nitrogens with zero attached hydrogens (tertiary/aromatic N) is 1. The Hall–Kier alpha value is -8.46. The maximum absolute atomic E-state index is 6.70. The lowest BCUT2D eigenvalue weighted by Gasteiger charge is -2.34. The minimum Gasteiger partial charge on any atom is -0.455 e. The van der Waals surface area contributed by atoms with E-state index in [1.54, 1.807) is 0 Å². The van der Waals surface area contributed by atoms with E-state index >= 15 is 0 Å². The Morgan fingerprint density at radius 3 is 1.65 bits per heavy atom. The first kappa shape index (κ1) is 37.1. The summed E-state index contributed by atoms with van der Waals surface area (Å²) in [5.41, 5.74) is 16.7. The quantitative estimate of drug-likeness (QED) is 0.159. The molecule has 12 aromatic rings. The highest BCUT2D eigenvalue weighted by Crippen LogP contribution is 2.59. The first-order valence-electron chi connectivity index (χ1n) is 22.4. The van der Waals surface area contributed by atoms with Crippen LogP contribution in [-0.2, 0) is 5.41 Å². The van der Waals surface area contributed by atoms with Crippen LogP contribution in [0.2, 0.25) is 0 Å². The maximum Gasteiger partial charge on any atom is 0.143 e. The molecule has 0 fully saturated rings. The van der Waals surface area contributed by atoms with Crippen LogP contribution in [0.3, 0.4) is 0 Å². The highest BCUT2D eigenvalue weighted by Gasteiger charge is 2.47. The zero-order valence-corrected chi connectivity index (χ0v) is 35.5. The summed E-state index contributed by atoms with van der Waals surface area (Å²) in [6.07, 6.45) is 0. The average molecular weight is 828 g/mol. The lowest BCUT2D eigenvalue weighted by atomic mass is 9.68. The number of hydrogen-bond donors (Lipinski definition) is 0. The van der Waals surface area contributed by atoms with E-state index in [2.05, 4.69) is 254 Å². The van der Waals surface area contributed by atoms with Gasteiger partial charge in [0, 0.05) is 33.1 Å². The third kappa shape index (κ3) is 5.67. The average Bonchev–Trinajstić information content (AvgIpc) is 3.92. The predicted molar refractivity (Wildman–Crippen MR) is 272 cm³/mol. The fraction of sp³-hybridized carbons (Fsp3) is 0.0159. The summed E-state index contributed by atoms with van der Waals surface area (Å²) in [5, 5.41) is 7.00. The van der Waals surface area contributed by atoms with Crippen molar-refractivity contribution < 1.29 is 4.42 Å². The number of fused-ring (bicyclic) bond motifs is 9. The molecule has 2 nitrogen and oxygen atoms in total. The number of furan rings is 1. The van der Waals surface area contributed by atoms with Crippen LogP contribution in [0.15, 0.2) is 253 Å². The van der Waals surface area contributed by atoms with Crippen molar-refractivity contribution in [1.29, 1.82) is 0 Å². The highest BCUT2D eigenvalue weighted by atomic mass is 16.3. The Morgan fingerprint density at radius 2 is 0.892 bits per heavy atom. The summed E-state index contributed by atoms with van der Waals surface area (Å²) >= 11 is 0. The van der Waals surface area contributed by atoms with E-state index in [1.807, 2.05) is 0 Å². The normalized spacial score (nSPS) is 12.7. The van der Waals surface area contributed by atoms with Gasteiger partial charge in [-0.2, -0.15) is 0 Å². The van der Waals surface area contributed by atoms with Crippen molar-refractivity contribution in [3.05, 3.63) is 271 Å². The molecule has 13 rings (SSSR count). The van der Waals surface area contributed by atoms with Crippen LogP contribution in [-0.4, -0.2) is 0 Å². The first-order chi connectivity index (χ1) is 32.3. The summed E-state index contributed by atoms with van der Waals surface area (Å²) in [4.78, 5) is 2.49. The molecule has 0 unspecified atom stereocenters. The first-order valence-corrected chi connectivity index (χ1v) is 22.4. The van der Waals surface area contributed by atoms with E-state index in [4.69, 9.17) is 4.42 Å². The van der Waals surface area contributed by atoms with Crippen LogP contribution >= 0.6 is 0 Å². The van der Waals surface area contributed by atoms with Crippen LogP contribution in [0.5, 0.6) is 0 Å². The van der Waals surface area contributed by atoms with Crippen LogP contribution in [0.4, 0.5) is 17.1 Å². The van der Waals surface area contributed by atoms with Gasteiger partial charge in [0.25, 0.3) is 0 Å². The highest BCUT2D eigenvalue weighted by molar-refractivity contribution is 6.19. The number of anilines is 3. The second kappa shape index (κ2) is 14.8. The summed E-state index contributed by atoms with van der Waals surface area (Å²) in [5.74, 6) is 0. The van der Waals surface area contributed by atoms with Crippen molar-refractivity contribution in [2.75, 3.05) is 4.90 Å². The van der Waals surface area contributed by atoms with Gasteiger partial charge in [0.1, 0.15) is 11.2 Å². The molecule has 0 bridgehead atoms. The topological polar surface area (TPSA) is 16.4 Å². The molecule has 1 aromatic heterocycles. The predicted octanol–water partition coefficient (Wildman–Crippen LogP) is 17.1. The van der Waals surface area contributed by atoms with E-state index in [9.17, 15) is 0 Å². The van der Waals surface area contributed by atoms with E-state index in [1.165, 1.54) is 60.7 Å². The zero-order valence-electron chi connectivity index (χ0n) is 35.5. The molecular formula is C63H41NO. The monoisotopic (exact) mass is 827 g/mol. The van der Waals surface area contributed by atoms with Gasteiger partial charge >= 0.3 is 0 Å². The SMILES string of the molecule is c1ccc(C2(c3ccccc3)c3ccccc3-c3c(N(c4cccc(-c5cccc6ccccc56)c4)c4cccc(-c5cccc6oc7c8ccccc8ccc7c56)c4)cccc32)cc1. The molecule has 1 aliphatic carbocycles. The standard InChI is InChI=1S/C63H41NO/c1-3-23-46(24-4-1)63(47-25-5-2-6-26-47)56-34-12-11-31-54(56)61-57(63)35-17-36-58(61)64(48-27-13-21-44(40-48)51-32-15-20-42-18-7-9-29-50(42)51)49-28-14-22-45(41-49)52-33-16-37-59-60(52)55-39-38-43-19-8-10-30-53(43)62(55)65-59/h1-41H. The molecule has 2 heteroatoms. The number of benzene rings is 11. The molecule has 1 aliphatic rings. The second-order valence-corrected chi connectivity index (χ2v) is 17.1. The van der Waals surface area contributed by atoms with Gasteiger partial charge in [-0.3, -0.25) is 0 Å². The third-order valence-electron chi connectivity index (χ3n) is 13.7.